The Bertz CT molecular complexity index is 821. The first-order valence-electron chi connectivity index (χ1n) is 8.79. The van der Waals surface area contributed by atoms with Crippen LogP contribution in [0.2, 0.25) is 0 Å². The maximum absolute atomic E-state index is 13.8. The van der Waals surface area contributed by atoms with Crippen molar-refractivity contribution in [2.24, 2.45) is 0 Å². The van der Waals surface area contributed by atoms with Crippen LogP contribution in [0.1, 0.15) is 36.1 Å². The van der Waals surface area contributed by atoms with Gasteiger partial charge in [-0.15, -0.1) is 0 Å². The molecule has 0 N–H and O–H groups in total. The van der Waals surface area contributed by atoms with Crippen LogP contribution >= 0.6 is 0 Å². The van der Waals surface area contributed by atoms with Gasteiger partial charge in [0.15, 0.2) is 0 Å². The predicted octanol–water partition coefficient (Wildman–Crippen LogP) is 3.32. The molecular formula is C21H23FN2O2. The normalized spacial score (nSPS) is 16.1. The number of fused-ring (bicyclic) bond motifs is 1. The molecule has 5 heteroatoms. The van der Waals surface area contributed by atoms with Crippen molar-refractivity contribution >= 4 is 11.8 Å². The molecule has 0 aliphatic carbocycles. The molecule has 0 saturated heterocycles. The van der Waals surface area contributed by atoms with Gasteiger partial charge < -0.3 is 9.80 Å². The fourth-order valence-electron chi connectivity index (χ4n) is 3.54. The molecule has 0 aromatic heterocycles. The highest BCUT2D eigenvalue weighted by Crippen LogP contribution is 2.32. The average molecular weight is 354 g/mol. The highest BCUT2D eigenvalue weighted by atomic mass is 19.1. The van der Waals surface area contributed by atoms with E-state index in [1.54, 1.807) is 30.1 Å². The number of hydrogen-bond acceptors (Lipinski definition) is 2. The zero-order chi connectivity index (χ0) is 18.7. The molecule has 26 heavy (non-hydrogen) atoms. The molecule has 0 spiro atoms. The average Bonchev–Trinajstić information content (AvgIpc) is 2.63. The third kappa shape index (κ3) is 3.77. The van der Waals surface area contributed by atoms with Crippen molar-refractivity contribution in [1.29, 1.82) is 0 Å². The lowest BCUT2D eigenvalue weighted by Crippen LogP contribution is -2.41. The molecule has 0 bridgehead atoms. The van der Waals surface area contributed by atoms with Crippen molar-refractivity contribution in [2.45, 2.75) is 32.4 Å². The molecule has 0 saturated carbocycles. The Morgan fingerprint density at radius 2 is 1.85 bits per heavy atom. The lowest BCUT2D eigenvalue weighted by atomic mass is 9.90. The van der Waals surface area contributed by atoms with Crippen LogP contribution in [0.15, 0.2) is 48.5 Å². The van der Waals surface area contributed by atoms with E-state index < -0.39 is 0 Å². The van der Waals surface area contributed by atoms with Gasteiger partial charge in [-0.3, -0.25) is 9.59 Å². The molecule has 2 aromatic carbocycles. The van der Waals surface area contributed by atoms with E-state index in [0.717, 1.165) is 12.0 Å². The third-order valence-electron chi connectivity index (χ3n) is 4.98. The molecule has 1 heterocycles. The Morgan fingerprint density at radius 1 is 1.15 bits per heavy atom. The number of nitrogens with zero attached hydrogens (tertiary/aromatic N) is 2. The Hall–Kier alpha value is -2.69. The summed E-state index contributed by atoms with van der Waals surface area (Å²) >= 11 is 0. The highest BCUT2D eigenvalue weighted by Gasteiger charge is 2.31. The SMILES string of the molecule is CC(=O)N1CCc2ccccc2C1CC(=O)N(C)Cc1ccccc1F. The van der Waals surface area contributed by atoms with E-state index >= 15 is 0 Å². The largest absolute Gasteiger partial charge is 0.341 e. The van der Waals surface area contributed by atoms with Crippen molar-refractivity contribution in [3.8, 4) is 0 Å². The van der Waals surface area contributed by atoms with E-state index in [4.69, 9.17) is 0 Å². The van der Waals surface area contributed by atoms with Crippen LogP contribution in [0.4, 0.5) is 4.39 Å². The van der Waals surface area contributed by atoms with E-state index in [9.17, 15) is 14.0 Å². The summed E-state index contributed by atoms with van der Waals surface area (Å²) in [7, 11) is 1.67. The van der Waals surface area contributed by atoms with Crippen LogP contribution in [0.3, 0.4) is 0 Å². The molecule has 0 radical (unpaired) electrons. The number of benzene rings is 2. The third-order valence-corrected chi connectivity index (χ3v) is 4.98. The Morgan fingerprint density at radius 3 is 2.58 bits per heavy atom. The van der Waals surface area contributed by atoms with Crippen LogP contribution in [-0.2, 0) is 22.6 Å². The summed E-state index contributed by atoms with van der Waals surface area (Å²) in [4.78, 5) is 28.1. The molecule has 0 fully saturated rings. The van der Waals surface area contributed by atoms with Gasteiger partial charge in [-0.05, 0) is 23.6 Å². The Kier molecular flexibility index (Phi) is 5.35. The summed E-state index contributed by atoms with van der Waals surface area (Å²) in [6.07, 6.45) is 0.993. The summed E-state index contributed by atoms with van der Waals surface area (Å²) in [5.74, 6) is -0.462. The number of hydrogen-bond donors (Lipinski definition) is 0. The van der Waals surface area contributed by atoms with Gasteiger partial charge in [0.05, 0.1) is 12.5 Å². The number of carbonyl (C=O) groups excluding carboxylic acids is 2. The summed E-state index contributed by atoms with van der Waals surface area (Å²) in [5, 5.41) is 0. The Balaban J connectivity index is 1.78. The maximum Gasteiger partial charge on any atom is 0.225 e. The first-order chi connectivity index (χ1) is 12.5. The van der Waals surface area contributed by atoms with E-state index in [-0.39, 0.29) is 36.6 Å². The van der Waals surface area contributed by atoms with E-state index in [0.29, 0.717) is 12.1 Å². The zero-order valence-corrected chi connectivity index (χ0v) is 15.1. The number of rotatable bonds is 4. The van der Waals surface area contributed by atoms with Gasteiger partial charge >= 0.3 is 0 Å². The molecule has 4 nitrogen and oxygen atoms in total. The molecule has 136 valence electrons. The summed E-state index contributed by atoms with van der Waals surface area (Å²) in [6.45, 7) is 2.36. The number of carbonyl (C=O) groups is 2. The minimum absolute atomic E-state index is 0.0333. The van der Waals surface area contributed by atoms with Gasteiger partial charge in [0.1, 0.15) is 5.82 Å². The van der Waals surface area contributed by atoms with Crippen LogP contribution in [-0.4, -0.2) is 35.2 Å². The van der Waals surface area contributed by atoms with Crippen LogP contribution in [0.25, 0.3) is 0 Å². The number of halogens is 1. The fraction of sp³-hybridized carbons (Fsp3) is 0.333. The van der Waals surface area contributed by atoms with Crippen molar-refractivity contribution in [3.63, 3.8) is 0 Å². The van der Waals surface area contributed by atoms with Crippen LogP contribution in [0.5, 0.6) is 0 Å². The summed E-state index contributed by atoms with van der Waals surface area (Å²) < 4.78 is 13.8. The van der Waals surface area contributed by atoms with Gasteiger partial charge in [0.2, 0.25) is 11.8 Å². The second-order valence-electron chi connectivity index (χ2n) is 6.72. The van der Waals surface area contributed by atoms with Crippen LogP contribution in [0, 0.1) is 5.82 Å². The standard InChI is InChI=1S/C21H23FN2O2/c1-15(25)24-12-11-16-7-3-5-9-18(16)20(24)13-21(26)23(2)14-17-8-4-6-10-19(17)22/h3-10,20H,11-14H2,1-2H3. The van der Waals surface area contributed by atoms with Gasteiger partial charge in [-0.2, -0.15) is 0 Å². The summed E-state index contributed by atoms with van der Waals surface area (Å²) in [6, 6.07) is 14.1. The molecule has 2 aromatic rings. The molecule has 1 atom stereocenters. The van der Waals surface area contributed by atoms with Gasteiger partial charge in [-0.25, -0.2) is 4.39 Å². The highest BCUT2D eigenvalue weighted by molar-refractivity contribution is 5.79. The van der Waals surface area contributed by atoms with Crippen molar-refractivity contribution in [2.75, 3.05) is 13.6 Å². The minimum Gasteiger partial charge on any atom is -0.341 e. The lowest BCUT2D eigenvalue weighted by Gasteiger charge is -2.37. The molecular weight excluding hydrogens is 331 g/mol. The predicted molar refractivity (Wildman–Crippen MR) is 97.8 cm³/mol. The van der Waals surface area contributed by atoms with E-state index in [2.05, 4.69) is 0 Å². The van der Waals surface area contributed by atoms with E-state index in [1.807, 2.05) is 24.3 Å². The van der Waals surface area contributed by atoms with Gasteiger partial charge in [-0.1, -0.05) is 42.5 Å². The van der Waals surface area contributed by atoms with Gasteiger partial charge in [0, 0.05) is 32.6 Å². The second kappa shape index (κ2) is 7.68. The van der Waals surface area contributed by atoms with Crippen molar-refractivity contribution < 1.29 is 14.0 Å². The zero-order valence-electron chi connectivity index (χ0n) is 15.1. The minimum atomic E-state index is -0.319. The first-order valence-corrected chi connectivity index (χ1v) is 8.79. The van der Waals surface area contributed by atoms with Crippen LogP contribution < -0.4 is 0 Å². The Labute approximate surface area is 153 Å². The molecule has 1 aliphatic rings. The number of amides is 2. The van der Waals surface area contributed by atoms with Crippen molar-refractivity contribution in [1.82, 2.24) is 9.80 Å². The monoisotopic (exact) mass is 354 g/mol. The summed E-state index contributed by atoms with van der Waals surface area (Å²) in [5.41, 5.74) is 2.69. The topological polar surface area (TPSA) is 40.6 Å². The quantitative estimate of drug-likeness (QED) is 0.845. The molecule has 1 unspecified atom stereocenters. The fourth-order valence-corrected chi connectivity index (χ4v) is 3.54. The van der Waals surface area contributed by atoms with E-state index in [1.165, 1.54) is 23.5 Å². The van der Waals surface area contributed by atoms with Gasteiger partial charge in [0.25, 0.3) is 0 Å². The molecule has 3 rings (SSSR count). The van der Waals surface area contributed by atoms with Crippen molar-refractivity contribution in [3.05, 3.63) is 71.0 Å². The maximum atomic E-state index is 13.8. The molecule has 1 aliphatic heterocycles. The lowest BCUT2D eigenvalue weighted by molar-refractivity contribution is -0.136. The molecule has 2 amide bonds. The second-order valence-corrected chi connectivity index (χ2v) is 6.72. The first kappa shape index (κ1) is 18.1. The smallest absolute Gasteiger partial charge is 0.225 e.